The molecule has 1 aromatic carbocycles. The molecule has 1 unspecified atom stereocenters. The lowest BCUT2D eigenvalue weighted by atomic mass is 10.0. The molecule has 19 heavy (non-hydrogen) atoms. The van der Waals surface area contributed by atoms with Gasteiger partial charge < -0.3 is 10.6 Å². The Labute approximate surface area is 115 Å². The van der Waals surface area contributed by atoms with Gasteiger partial charge in [-0.25, -0.2) is 0 Å². The van der Waals surface area contributed by atoms with Crippen LogP contribution < -0.4 is 5.73 Å². The monoisotopic (exact) mass is 260 g/mol. The van der Waals surface area contributed by atoms with Gasteiger partial charge in [0.15, 0.2) is 0 Å². The van der Waals surface area contributed by atoms with Crippen LogP contribution in [-0.4, -0.2) is 30.4 Å². The molecule has 0 aromatic heterocycles. The minimum Gasteiger partial charge on any atom is -0.342 e. The summed E-state index contributed by atoms with van der Waals surface area (Å²) in [7, 11) is 0. The second-order valence-corrected chi connectivity index (χ2v) is 5.79. The van der Waals surface area contributed by atoms with Gasteiger partial charge >= 0.3 is 0 Å². The van der Waals surface area contributed by atoms with Gasteiger partial charge in [-0.2, -0.15) is 0 Å². The van der Waals surface area contributed by atoms with Crippen molar-refractivity contribution in [2.45, 2.75) is 32.6 Å². The maximum Gasteiger partial charge on any atom is 0.222 e. The molecule has 1 amide bonds. The summed E-state index contributed by atoms with van der Waals surface area (Å²) in [6, 6.07) is 8.73. The van der Waals surface area contributed by atoms with Crippen LogP contribution in [0.1, 0.15) is 37.3 Å². The second kappa shape index (κ2) is 6.20. The number of likely N-dealkylation sites (tertiary alicyclic amines) is 1. The first kappa shape index (κ1) is 14.1. The summed E-state index contributed by atoms with van der Waals surface area (Å²) < 4.78 is 0. The molecule has 3 nitrogen and oxygen atoms in total. The lowest BCUT2D eigenvalue weighted by Gasteiger charge is -2.16. The fourth-order valence-corrected chi connectivity index (χ4v) is 2.56. The van der Waals surface area contributed by atoms with Gasteiger partial charge in [-0.1, -0.05) is 38.1 Å². The van der Waals surface area contributed by atoms with Crippen molar-refractivity contribution in [3.63, 3.8) is 0 Å². The third-order valence-corrected chi connectivity index (χ3v) is 3.94. The molecule has 2 rings (SSSR count). The summed E-state index contributed by atoms with van der Waals surface area (Å²) in [5, 5.41) is 0. The first-order chi connectivity index (χ1) is 9.10. The quantitative estimate of drug-likeness (QED) is 0.882. The van der Waals surface area contributed by atoms with E-state index in [0.29, 0.717) is 24.8 Å². The van der Waals surface area contributed by atoms with Crippen molar-refractivity contribution in [1.82, 2.24) is 4.90 Å². The van der Waals surface area contributed by atoms with Crippen molar-refractivity contribution in [1.29, 1.82) is 0 Å². The second-order valence-electron chi connectivity index (χ2n) is 5.79. The molecule has 0 radical (unpaired) electrons. The van der Waals surface area contributed by atoms with Gasteiger partial charge in [0.25, 0.3) is 0 Å². The van der Waals surface area contributed by atoms with Crippen molar-refractivity contribution >= 4 is 5.91 Å². The van der Waals surface area contributed by atoms with Crippen molar-refractivity contribution in [3.05, 3.63) is 35.4 Å². The van der Waals surface area contributed by atoms with E-state index in [-0.39, 0.29) is 5.91 Å². The molecular weight excluding hydrogens is 236 g/mol. The maximum absolute atomic E-state index is 11.8. The molecule has 0 aliphatic carbocycles. The number of carbonyl (C=O) groups excluding carboxylic acids is 1. The third kappa shape index (κ3) is 3.57. The molecule has 3 heteroatoms. The van der Waals surface area contributed by atoms with Gasteiger partial charge in [0.2, 0.25) is 5.91 Å². The van der Waals surface area contributed by atoms with Gasteiger partial charge in [0.1, 0.15) is 0 Å². The molecule has 1 saturated heterocycles. The molecule has 1 aliphatic heterocycles. The predicted octanol–water partition coefficient (Wildman–Crippen LogP) is 2.16. The molecule has 0 spiro atoms. The largest absolute Gasteiger partial charge is 0.342 e. The summed E-state index contributed by atoms with van der Waals surface area (Å²) in [5.74, 6) is 1.18. The van der Waals surface area contributed by atoms with Crippen LogP contribution in [-0.2, 0) is 11.2 Å². The molecule has 0 saturated carbocycles. The lowest BCUT2D eigenvalue weighted by molar-refractivity contribution is -0.127. The van der Waals surface area contributed by atoms with Crippen molar-refractivity contribution in [2.24, 2.45) is 11.7 Å². The van der Waals surface area contributed by atoms with Crippen LogP contribution in [0.5, 0.6) is 0 Å². The zero-order valence-electron chi connectivity index (χ0n) is 11.9. The minimum absolute atomic E-state index is 0.259. The molecule has 0 bridgehead atoms. The Hall–Kier alpha value is -1.35. The molecule has 1 heterocycles. The van der Waals surface area contributed by atoms with Crippen LogP contribution in [0, 0.1) is 5.92 Å². The number of amides is 1. The molecule has 1 fully saturated rings. The van der Waals surface area contributed by atoms with Crippen molar-refractivity contribution in [2.75, 3.05) is 19.6 Å². The number of benzene rings is 1. The Bertz CT molecular complexity index is 425. The van der Waals surface area contributed by atoms with E-state index in [0.717, 1.165) is 19.5 Å². The van der Waals surface area contributed by atoms with Gasteiger partial charge in [-0.3, -0.25) is 4.79 Å². The summed E-state index contributed by atoms with van der Waals surface area (Å²) in [5.41, 5.74) is 8.30. The Balaban J connectivity index is 1.87. The van der Waals surface area contributed by atoms with E-state index in [9.17, 15) is 4.79 Å². The zero-order valence-corrected chi connectivity index (χ0v) is 11.9. The summed E-state index contributed by atoms with van der Waals surface area (Å²) >= 11 is 0. The van der Waals surface area contributed by atoms with Gasteiger partial charge in [0.05, 0.1) is 0 Å². The molecular formula is C16H24N2O. The van der Waals surface area contributed by atoms with Crippen LogP contribution in [0.3, 0.4) is 0 Å². The Morgan fingerprint density at radius 1 is 1.32 bits per heavy atom. The highest BCUT2D eigenvalue weighted by molar-refractivity contribution is 5.78. The number of hydrogen-bond donors (Lipinski definition) is 1. The van der Waals surface area contributed by atoms with E-state index in [1.807, 2.05) is 4.90 Å². The van der Waals surface area contributed by atoms with Crippen LogP contribution in [0.2, 0.25) is 0 Å². The summed E-state index contributed by atoms with van der Waals surface area (Å²) in [4.78, 5) is 13.7. The van der Waals surface area contributed by atoms with Crippen LogP contribution >= 0.6 is 0 Å². The molecule has 1 atom stereocenters. The molecule has 2 N–H and O–H groups in total. The summed E-state index contributed by atoms with van der Waals surface area (Å²) in [6.45, 7) is 6.66. The highest BCUT2D eigenvalue weighted by atomic mass is 16.2. The van der Waals surface area contributed by atoms with E-state index in [2.05, 4.69) is 38.1 Å². The van der Waals surface area contributed by atoms with Crippen LogP contribution in [0.4, 0.5) is 0 Å². The minimum atomic E-state index is 0.259. The lowest BCUT2D eigenvalue weighted by Crippen LogP contribution is -2.28. The number of hydrogen-bond acceptors (Lipinski definition) is 2. The van der Waals surface area contributed by atoms with Crippen molar-refractivity contribution in [3.8, 4) is 0 Å². The average molecular weight is 260 g/mol. The van der Waals surface area contributed by atoms with E-state index in [1.54, 1.807) is 0 Å². The van der Waals surface area contributed by atoms with Gasteiger partial charge in [0, 0.05) is 19.5 Å². The number of nitrogens with zero attached hydrogens (tertiary/aromatic N) is 1. The van der Waals surface area contributed by atoms with Gasteiger partial charge in [-0.05, 0) is 35.9 Å². The highest BCUT2D eigenvalue weighted by Crippen LogP contribution is 2.18. The highest BCUT2D eigenvalue weighted by Gasteiger charge is 2.27. The Morgan fingerprint density at radius 3 is 2.53 bits per heavy atom. The molecule has 104 valence electrons. The number of rotatable bonds is 5. The Kier molecular flexibility index (Phi) is 4.59. The number of carbonyl (C=O) groups is 1. The average Bonchev–Trinajstić information content (AvgIpc) is 2.77. The van der Waals surface area contributed by atoms with Crippen LogP contribution in [0.25, 0.3) is 0 Å². The first-order valence-corrected chi connectivity index (χ1v) is 7.17. The standard InChI is InChI=1S/C16H24N2O/c1-12(2)15-5-3-13(4-6-15)7-8-18-11-14(10-17)9-16(18)19/h3-6,12,14H,7-11,17H2,1-2H3. The smallest absolute Gasteiger partial charge is 0.222 e. The number of nitrogens with two attached hydrogens (primary N) is 1. The molecule has 1 aromatic rings. The van der Waals surface area contributed by atoms with E-state index >= 15 is 0 Å². The predicted molar refractivity (Wildman–Crippen MR) is 78.0 cm³/mol. The fourth-order valence-electron chi connectivity index (χ4n) is 2.56. The maximum atomic E-state index is 11.8. The van der Waals surface area contributed by atoms with Gasteiger partial charge in [-0.15, -0.1) is 0 Å². The van der Waals surface area contributed by atoms with E-state index in [4.69, 9.17) is 5.73 Å². The van der Waals surface area contributed by atoms with Crippen molar-refractivity contribution < 1.29 is 4.79 Å². The van der Waals surface area contributed by atoms with Crippen LogP contribution in [0.15, 0.2) is 24.3 Å². The van der Waals surface area contributed by atoms with E-state index < -0.39 is 0 Å². The zero-order chi connectivity index (χ0) is 13.8. The normalized spacial score (nSPS) is 19.5. The first-order valence-electron chi connectivity index (χ1n) is 7.17. The summed E-state index contributed by atoms with van der Waals surface area (Å²) in [6.07, 6.45) is 1.56. The topological polar surface area (TPSA) is 46.3 Å². The SMILES string of the molecule is CC(C)c1ccc(CCN2CC(CN)CC2=O)cc1. The van der Waals surface area contributed by atoms with E-state index in [1.165, 1.54) is 11.1 Å². The molecule has 1 aliphatic rings. The fraction of sp³-hybridized carbons (Fsp3) is 0.562. The Morgan fingerprint density at radius 2 is 2.00 bits per heavy atom. The third-order valence-electron chi connectivity index (χ3n) is 3.94.